The Morgan fingerprint density at radius 3 is 2.59 bits per heavy atom. The van der Waals surface area contributed by atoms with Crippen LogP contribution < -0.4 is 20.5 Å². The summed E-state index contributed by atoms with van der Waals surface area (Å²) < 4.78 is 9.84. The Morgan fingerprint density at radius 2 is 1.90 bits per heavy atom. The first kappa shape index (κ1) is 28.6. The minimum absolute atomic E-state index is 0.0692. The van der Waals surface area contributed by atoms with Crippen molar-refractivity contribution in [1.82, 2.24) is 18.8 Å². The molecule has 4 aromatic rings. The number of aromatic nitrogens is 3. The Kier molecular flexibility index (Phi) is 8.10. The number of nitrogens with zero attached hydrogens (tertiary/aromatic N) is 4. The third-order valence-electron chi connectivity index (χ3n) is 8.42. The van der Waals surface area contributed by atoms with Gasteiger partial charge in [0.15, 0.2) is 0 Å². The molecule has 2 aliphatic rings. The first-order chi connectivity index (χ1) is 19.7. The number of nitrogens with one attached hydrogen (secondary N) is 1. The van der Waals surface area contributed by atoms with Gasteiger partial charge in [0.05, 0.1) is 17.5 Å². The van der Waals surface area contributed by atoms with E-state index in [1.807, 2.05) is 52.9 Å². The van der Waals surface area contributed by atoms with E-state index in [1.54, 1.807) is 25.5 Å². The van der Waals surface area contributed by atoms with Crippen LogP contribution in [0, 0.1) is 11.8 Å². The number of hydrogen-bond acceptors (Lipinski definition) is 7. The van der Waals surface area contributed by atoms with E-state index in [0.717, 1.165) is 65.8 Å². The van der Waals surface area contributed by atoms with Crippen molar-refractivity contribution in [3.8, 4) is 22.8 Å². The number of piperidine rings is 1. The first-order valence-corrected chi connectivity index (χ1v) is 17.5. The van der Waals surface area contributed by atoms with Crippen LogP contribution in [0.5, 0.6) is 11.6 Å². The van der Waals surface area contributed by atoms with E-state index in [1.165, 1.54) is 28.4 Å². The Labute approximate surface area is 256 Å². The van der Waals surface area contributed by atoms with E-state index in [0.29, 0.717) is 17.1 Å². The van der Waals surface area contributed by atoms with E-state index in [2.05, 4.69) is 42.5 Å². The lowest BCUT2D eigenvalue weighted by molar-refractivity contribution is 0.0786. The van der Waals surface area contributed by atoms with Crippen LogP contribution in [0.1, 0.15) is 38.7 Å². The number of benzene rings is 1. The number of aryl methyl sites for hydroxylation is 1. The Bertz CT molecular complexity index is 1600. The highest BCUT2D eigenvalue weighted by molar-refractivity contribution is 14.2. The fourth-order valence-corrected chi connectivity index (χ4v) is 7.40. The summed E-state index contributed by atoms with van der Waals surface area (Å²) in [5.74, 6) is 2.74. The molecule has 2 N–H and O–H groups in total. The van der Waals surface area contributed by atoms with Gasteiger partial charge in [0.25, 0.3) is 5.56 Å². The van der Waals surface area contributed by atoms with E-state index < -0.39 is 5.60 Å². The molecule has 0 saturated carbocycles. The molecule has 0 amide bonds. The molecular weight excluding hydrogens is 649 g/mol. The highest BCUT2D eigenvalue weighted by Gasteiger charge is 2.30. The number of rotatable bonds is 8. The van der Waals surface area contributed by atoms with Crippen LogP contribution in [0.15, 0.2) is 59.8 Å². The normalized spacial score (nSPS) is 16.8. The average molecular weight is 686 g/mol. The van der Waals surface area contributed by atoms with Crippen LogP contribution in [-0.2, 0) is 12.6 Å². The standard InChI is InChI=1S/C31H36IN5O3S/c1-31(2,39)22-4-6-27(25(15-22)26-19-35(3)30(38)29-24(26)10-13-37(29)41-32)40-28-7-5-23(16-34-28)36-17-21(18-36)14-20-8-11-33-12-9-20/h4-7,10,13,15-16,19-21,33,39H,8-9,11-12,14,17-18H2,1-3H3. The number of hydrogen-bond donors (Lipinski definition) is 2. The molecule has 5 heterocycles. The van der Waals surface area contributed by atoms with Gasteiger partial charge in [-0.05, 0) is 87.9 Å². The first-order valence-electron chi connectivity index (χ1n) is 14.2. The van der Waals surface area contributed by atoms with Gasteiger partial charge in [0.2, 0.25) is 5.88 Å². The lowest BCUT2D eigenvalue weighted by atomic mass is 9.84. The molecule has 2 aliphatic heterocycles. The second-order valence-corrected chi connectivity index (χ2v) is 13.6. The SMILES string of the molecule is Cn1cc(-c2cc(C(C)(C)O)ccc2Oc2ccc(N3CC(CC4CCNCC4)C3)cn2)c2ccn(SI)c2c1=O. The summed E-state index contributed by atoms with van der Waals surface area (Å²) in [6, 6.07) is 11.6. The summed E-state index contributed by atoms with van der Waals surface area (Å²) in [7, 11) is 3.21. The molecule has 1 aromatic carbocycles. The molecule has 2 saturated heterocycles. The van der Waals surface area contributed by atoms with Gasteiger partial charge in [-0.2, -0.15) is 0 Å². The highest BCUT2D eigenvalue weighted by Crippen LogP contribution is 2.40. The van der Waals surface area contributed by atoms with Crippen LogP contribution in [0.2, 0.25) is 0 Å². The fourth-order valence-electron chi connectivity index (χ4n) is 6.06. The van der Waals surface area contributed by atoms with Gasteiger partial charge in [0, 0.05) is 85.4 Å². The van der Waals surface area contributed by atoms with Crippen molar-refractivity contribution >= 4 is 46.9 Å². The molecular formula is C31H36IN5O3S. The third kappa shape index (κ3) is 5.89. The van der Waals surface area contributed by atoms with Gasteiger partial charge in [-0.15, -0.1) is 0 Å². The maximum Gasteiger partial charge on any atom is 0.275 e. The van der Waals surface area contributed by atoms with Gasteiger partial charge in [-0.25, -0.2) is 4.98 Å². The van der Waals surface area contributed by atoms with Crippen molar-refractivity contribution in [2.24, 2.45) is 18.9 Å². The summed E-state index contributed by atoms with van der Waals surface area (Å²) in [5, 5.41) is 15.1. The number of ether oxygens (including phenoxy) is 1. The zero-order valence-electron chi connectivity index (χ0n) is 23.6. The molecule has 0 spiro atoms. The number of pyridine rings is 2. The summed E-state index contributed by atoms with van der Waals surface area (Å²) in [5.41, 5.74) is 3.01. The van der Waals surface area contributed by atoms with Gasteiger partial charge in [-0.3, -0.25) is 8.77 Å². The van der Waals surface area contributed by atoms with Crippen molar-refractivity contribution in [2.45, 2.75) is 38.7 Å². The van der Waals surface area contributed by atoms with Crippen molar-refractivity contribution < 1.29 is 9.84 Å². The topological polar surface area (TPSA) is 84.6 Å². The molecule has 0 atom stereocenters. The van der Waals surface area contributed by atoms with Crippen LogP contribution in [0.3, 0.4) is 0 Å². The molecule has 2 fully saturated rings. The monoisotopic (exact) mass is 685 g/mol. The molecule has 6 rings (SSSR count). The van der Waals surface area contributed by atoms with Gasteiger partial charge in [0.1, 0.15) is 11.3 Å². The van der Waals surface area contributed by atoms with Gasteiger partial charge in [-0.1, -0.05) is 6.07 Å². The van der Waals surface area contributed by atoms with Crippen molar-refractivity contribution in [3.05, 3.63) is 70.9 Å². The second kappa shape index (κ2) is 11.6. The summed E-state index contributed by atoms with van der Waals surface area (Å²) in [6.07, 6.45) is 9.56. The van der Waals surface area contributed by atoms with E-state index in [9.17, 15) is 9.90 Å². The minimum Gasteiger partial charge on any atom is -0.438 e. The molecule has 0 aliphatic carbocycles. The molecule has 0 bridgehead atoms. The van der Waals surface area contributed by atoms with Crippen molar-refractivity contribution in [3.63, 3.8) is 0 Å². The Morgan fingerprint density at radius 1 is 1.12 bits per heavy atom. The lowest BCUT2D eigenvalue weighted by Gasteiger charge is -2.43. The zero-order valence-corrected chi connectivity index (χ0v) is 26.6. The maximum atomic E-state index is 13.0. The lowest BCUT2D eigenvalue weighted by Crippen LogP contribution is -2.48. The second-order valence-electron chi connectivity index (χ2n) is 11.9. The smallest absolute Gasteiger partial charge is 0.275 e. The number of anilines is 1. The maximum absolute atomic E-state index is 13.0. The number of halogens is 1. The Balaban J connectivity index is 1.26. The van der Waals surface area contributed by atoms with Crippen LogP contribution >= 0.6 is 30.3 Å². The number of aliphatic hydroxyl groups is 1. The van der Waals surface area contributed by atoms with Crippen LogP contribution in [-0.4, -0.2) is 44.8 Å². The highest BCUT2D eigenvalue weighted by atomic mass is 127. The quantitative estimate of drug-likeness (QED) is 0.217. The zero-order chi connectivity index (χ0) is 28.7. The van der Waals surface area contributed by atoms with E-state index in [4.69, 9.17) is 4.74 Å². The molecule has 41 heavy (non-hydrogen) atoms. The van der Waals surface area contributed by atoms with E-state index in [-0.39, 0.29) is 5.56 Å². The molecule has 3 aromatic heterocycles. The van der Waals surface area contributed by atoms with Gasteiger partial charge < -0.3 is 24.6 Å². The fraction of sp³-hybridized carbons (Fsp3) is 0.419. The third-order valence-corrected chi connectivity index (χ3v) is 10.1. The average Bonchev–Trinajstić information content (AvgIpc) is 3.38. The molecule has 10 heteroatoms. The van der Waals surface area contributed by atoms with Crippen LogP contribution in [0.25, 0.3) is 22.0 Å². The molecule has 0 unspecified atom stereocenters. The molecule has 216 valence electrons. The summed E-state index contributed by atoms with van der Waals surface area (Å²) in [6.45, 7) is 8.02. The van der Waals surface area contributed by atoms with E-state index >= 15 is 0 Å². The molecule has 8 nitrogen and oxygen atoms in total. The number of fused-ring (bicyclic) bond motifs is 1. The van der Waals surface area contributed by atoms with Crippen LogP contribution in [0.4, 0.5) is 5.69 Å². The Hall–Kier alpha value is -2.54. The van der Waals surface area contributed by atoms with Gasteiger partial charge >= 0.3 is 0 Å². The summed E-state index contributed by atoms with van der Waals surface area (Å²) in [4.78, 5) is 20.1. The predicted molar refractivity (Wildman–Crippen MR) is 175 cm³/mol. The summed E-state index contributed by atoms with van der Waals surface area (Å²) >= 11 is 2.18. The minimum atomic E-state index is -1.04. The molecule has 0 radical (unpaired) electrons. The predicted octanol–water partition coefficient (Wildman–Crippen LogP) is 6.09. The van der Waals surface area contributed by atoms with Crippen molar-refractivity contribution in [2.75, 3.05) is 31.1 Å². The van der Waals surface area contributed by atoms with Crippen molar-refractivity contribution in [1.29, 1.82) is 0 Å². The largest absolute Gasteiger partial charge is 0.438 e.